The maximum atomic E-state index is 12.8. The van der Waals surface area contributed by atoms with E-state index in [2.05, 4.69) is 9.71 Å². The summed E-state index contributed by atoms with van der Waals surface area (Å²) in [7, 11) is -2.22. The van der Waals surface area contributed by atoms with E-state index in [0.29, 0.717) is 35.2 Å². The van der Waals surface area contributed by atoms with Gasteiger partial charge in [0.25, 0.3) is 15.9 Å². The van der Waals surface area contributed by atoms with Crippen LogP contribution >= 0.6 is 22.9 Å². The number of nitrogens with zero attached hydrogens (tertiary/aromatic N) is 2. The number of hydrogen-bond acceptors (Lipinski definition) is 7. The van der Waals surface area contributed by atoms with Gasteiger partial charge in [-0.25, -0.2) is 13.4 Å². The van der Waals surface area contributed by atoms with Crippen molar-refractivity contribution in [2.75, 3.05) is 23.3 Å². The van der Waals surface area contributed by atoms with Crippen molar-refractivity contribution in [3.8, 4) is 11.5 Å². The van der Waals surface area contributed by atoms with Crippen molar-refractivity contribution in [1.82, 2.24) is 4.98 Å². The van der Waals surface area contributed by atoms with Crippen LogP contribution in [-0.4, -0.2) is 39.1 Å². The van der Waals surface area contributed by atoms with Crippen molar-refractivity contribution in [2.45, 2.75) is 17.4 Å². The summed E-state index contributed by atoms with van der Waals surface area (Å²) in [4.78, 5) is 18.4. The van der Waals surface area contributed by atoms with E-state index in [4.69, 9.17) is 21.1 Å². The number of carbonyl (C=O) groups is 1. The molecule has 1 N–H and O–H groups in total. The van der Waals surface area contributed by atoms with E-state index in [1.54, 1.807) is 40.6 Å². The molecule has 1 saturated heterocycles. The van der Waals surface area contributed by atoms with Gasteiger partial charge < -0.3 is 14.4 Å². The zero-order valence-electron chi connectivity index (χ0n) is 16.3. The highest BCUT2D eigenvalue weighted by Crippen LogP contribution is 2.32. The van der Waals surface area contributed by atoms with Gasteiger partial charge in [-0.1, -0.05) is 11.6 Å². The third-order valence-electron chi connectivity index (χ3n) is 4.68. The van der Waals surface area contributed by atoms with Crippen LogP contribution in [0, 0.1) is 0 Å². The lowest BCUT2D eigenvalue weighted by atomic mass is 10.3. The van der Waals surface area contributed by atoms with Gasteiger partial charge in [-0.15, -0.1) is 11.3 Å². The van der Waals surface area contributed by atoms with Crippen LogP contribution in [0.5, 0.6) is 11.5 Å². The Bertz CT molecular complexity index is 1180. The smallest absolute Gasteiger partial charge is 0.268 e. The molecule has 0 spiro atoms. The van der Waals surface area contributed by atoms with Gasteiger partial charge in [-0.05, 0) is 36.4 Å². The topological polar surface area (TPSA) is 97.8 Å². The number of benzene rings is 2. The number of methoxy groups -OCH3 is 1. The van der Waals surface area contributed by atoms with Crippen molar-refractivity contribution in [2.24, 2.45) is 0 Å². The number of rotatable bonds is 7. The summed E-state index contributed by atoms with van der Waals surface area (Å²) in [6, 6.07) is 11.1. The van der Waals surface area contributed by atoms with Gasteiger partial charge in [0.2, 0.25) is 0 Å². The average molecular weight is 480 g/mol. The average Bonchev–Trinajstić information content (AvgIpc) is 3.39. The summed E-state index contributed by atoms with van der Waals surface area (Å²) >= 11 is 7.39. The van der Waals surface area contributed by atoms with Gasteiger partial charge in [0.15, 0.2) is 11.2 Å². The molecular weight excluding hydrogens is 462 g/mol. The molecule has 1 aromatic heterocycles. The second kappa shape index (κ2) is 8.74. The zero-order chi connectivity index (χ0) is 22.0. The molecule has 0 radical (unpaired) electrons. The molecule has 3 aromatic rings. The van der Waals surface area contributed by atoms with Crippen LogP contribution in [0.1, 0.15) is 6.42 Å². The van der Waals surface area contributed by atoms with Crippen molar-refractivity contribution < 1.29 is 22.7 Å². The van der Waals surface area contributed by atoms with Crippen LogP contribution in [0.3, 0.4) is 0 Å². The third-order valence-corrected chi connectivity index (χ3v) is 7.15. The first kappa shape index (κ1) is 21.4. The van der Waals surface area contributed by atoms with E-state index < -0.39 is 16.1 Å². The lowest BCUT2D eigenvalue weighted by Gasteiger charge is -2.18. The van der Waals surface area contributed by atoms with Gasteiger partial charge in [-0.3, -0.25) is 9.52 Å². The minimum Gasteiger partial charge on any atom is -0.497 e. The highest BCUT2D eigenvalue weighted by molar-refractivity contribution is 7.93. The van der Waals surface area contributed by atoms with Gasteiger partial charge >= 0.3 is 0 Å². The number of sulfonamides is 1. The normalized spacial score (nSPS) is 16.4. The Labute approximate surface area is 188 Å². The largest absolute Gasteiger partial charge is 0.497 e. The van der Waals surface area contributed by atoms with Crippen LogP contribution in [0.25, 0.3) is 0 Å². The van der Waals surface area contributed by atoms with E-state index in [9.17, 15) is 13.2 Å². The third kappa shape index (κ3) is 4.60. The molecule has 1 unspecified atom stereocenters. The maximum absolute atomic E-state index is 12.8. The highest BCUT2D eigenvalue weighted by Gasteiger charge is 2.35. The quantitative estimate of drug-likeness (QED) is 0.553. The minimum atomic E-state index is -3.75. The van der Waals surface area contributed by atoms with Gasteiger partial charge in [0, 0.05) is 36.3 Å². The van der Waals surface area contributed by atoms with Crippen molar-refractivity contribution in [3.63, 3.8) is 0 Å². The standard InChI is InChI=1S/C20H18ClN3O5S2/c1-28-14-4-7-17(16(21)12-14)29-18-8-10-24(19(18)25)13-2-5-15(6-3-13)31(26,27)23-20-22-9-11-30-20/h2-7,9,11-12,18H,8,10H2,1H3,(H,22,23). The lowest BCUT2D eigenvalue weighted by Crippen LogP contribution is -2.32. The minimum absolute atomic E-state index is 0.0795. The first-order chi connectivity index (χ1) is 14.9. The van der Waals surface area contributed by atoms with Crippen LogP contribution in [-0.2, 0) is 14.8 Å². The fourth-order valence-corrected chi connectivity index (χ4v) is 5.13. The number of carbonyl (C=O) groups excluding carboxylic acids is 1. The van der Waals surface area contributed by atoms with Crippen LogP contribution in [0.4, 0.5) is 10.8 Å². The van der Waals surface area contributed by atoms with Crippen LogP contribution < -0.4 is 19.1 Å². The molecule has 1 amide bonds. The summed E-state index contributed by atoms with van der Waals surface area (Å²) in [6.45, 7) is 0.445. The van der Waals surface area contributed by atoms with Gasteiger partial charge in [-0.2, -0.15) is 0 Å². The molecule has 0 bridgehead atoms. The number of amides is 1. The van der Waals surface area contributed by atoms with Crippen molar-refractivity contribution in [1.29, 1.82) is 0 Å². The Kier molecular flexibility index (Phi) is 6.03. The zero-order valence-corrected chi connectivity index (χ0v) is 18.7. The molecule has 1 atom stereocenters. The first-order valence-corrected chi connectivity index (χ1v) is 12.0. The summed E-state index contributed by atoms with van der Waals surface area (Å²) in [5.74, 6) is 0.775. The monoisotopic (exact) mass is 479 g/mol. The predicted molar refractivity (Wildman–Crippen MR) is 119 cm³/mol. The molecule has 4 rings (SSSR count). The van der Waals surface area contributed by atoms with Crippen LogP contribution in [0.15, 0.2) is 58.9 Å². The number of anilines is 2. The molecule has 162 valence electrons. The van der Waals surface area contributed by atoms with E-state index in [1.165, 1.54) is 36.8 Å². The predicted octanol–water partition coefficient (Wildman–Crippen LogP) is 3.79. The number of aromatic nitrogens is 1. The summed E-state index contributed by atoms with van der Waals surface area (Å²) in [5, 5.41) is 2.32. The van der Waals surface area contributed by atoms with Crippen molar-refractivity contribution in [3.05, 3.63) is 59.1 Å². The Morgan fingerprint density at radius 1 is 1.23 bits per heavy atom. The van der Waals surface area contributed by atoms with Crippen molar-refractivity contribution >= 4 is 49.7 Å². The molecule has 1 fully saturated rings. The molecule has 31 heavy (non-hydrogen) atoms. The second-order valence-corrected chi connectivity index (χ2v) is 9.60. The molecule has 1 aliphatic rings. The summed E-state index contributed by atoms with van der Waals surface area (Å²) in [6.07, 6.45) is 1.32. The first-order valence-electron chi connectivity index (χ1n) is 9.21. The van der Waals surface area contributed by atoms with E-state index in [1.807, 2.05) is 0 Å². The molecular formula is C20H18ClN3O5S2. The number of ether oxygens (including phenoxy) is 2. The number of hydrogen-bond donors (Lipinski definition) is 1. The number of nitrogens with one attached hydrogen (secondary N) is 1. The van der Waals surface area contributed by atoms with Gasteiger partial charge in [0.1, 0.15) is 11.5 Å². The molecule has 2 heterocycles. The molecule has 1 aliphatic heterocycles. The lowest BCUT2D eigenvalue weighted by molar-refractivity contribution is -0.122. The Hall–Kier alpha value is -2.82. The number of thiazole rings is 1. The molecule has 2 aromatic carbocycles. The Morgan fingerprint density at radius 2 is 2.00 bits per heavy atom. The van der Waals surface area contributed by atoms with E-state index in [-0.39, 0.29) is 15.9 Å². The fraction of sp³-hybridized carbons (Fsp3) is 0.200. The maximum Gasteiger partial charge on any atom is 0.268 e. The van der Waals surface area contributed by atoms with Crippen LogP contribution in [0.2, 0.25) is 5.02 Å². The molecule has 8 nitrogen and oxygen atoms in total. The Balaban J connectivity index is 1.45. The molecule has 0 aliphatic carbocycles. The highest BCUT2D eigenvalue weighted by atomic mass is 35.5. The van der Waals surface area contributed by atoms with E-state index >= 15 is 0 Å². The Morgan fingerprint density at radius 3 is 2.65 bits per heavy atom. The number of halogens is 1. The molecule has 0 saturated carbocycles. The second-order valence-electron chi connectivity index (χ2n) is 6.62. The van der Waals surface area contributed by atoms with E-state index in [0.717, 1.165) is 0 Å². The van der Waals surface area contributed by atoms with Gasteiger partial charge in [0.05, 0.1) is 17.0 Å². The summed E-state index contributed by atoms with van der Waals surface area (Å²) < 4.78 is 38.3. The fourth-order valence-electron chi connectivity index (χ4n) is 3.13. The SMILES string of the molecule is COc1ccc(OC2CCN(c3ccc(S(=O)(=O)Nc4nccs4)cc3)C2=O)c(Cl)c1. The molecule has 11 heteroatoms. The summed E-state index contributed by atoms with van der Waals surface area (Å²) in [5.41, 5.74) is 0.588.